The summed E-state index contributed by atoms with van der Waals surface area (Å²) in [5, 5.41) is 3.31. The number of nitrogens with one attached hydrogen (secondary N) is 1. The Kier molecular flexibility index (Phi) is 4.91. The Morgan fingerprint density at radius 1 is 1.37 bits per heavy atom. The molecule has 0 aliphatic heterocycles. The van der Waals surface area contributed by atoms with Crippen LogP contribution in [0.4, 0.5) is 5.69 Å². The van der Waals surface area contributed by atoms with Crippen LogP contribution in [0.25, 0.3) is 0 Å². The Labute approximate surface area is 122 Å². The van der Waals surface area contributed by atoms with E-state index in [-0.39, 0.29) is 21.6 Å². The number of hydrogen-bond acceptors (Lipinski definition) is 3. The molecule has 3 N–H and O–H groups in total. The minimum Gasteiger partial charge on any atom is -0.396 e. The number of carbonyl (C=O) groups is 1. The summed E-state index contributed by atoms with van der Waals surface area (Å²) in [5.74, 6) is 0.490. The summed E-state index contributed by atoms with van der Waals surface area (Å²) in [7, 11) is 0. The number of carbonyl (C=O) groups excluding carboxylic acids is 1. The maximum atomic E-state index is 11.8. The van der Waals surface area contributed by atoms with Crippen molar-refractivity contribution in [1.29, 1.82) is 0 Å². The highest BCUT2D eigenvalue weighted by atomic mass is 35.5. The number of amides is 1. The van der Waals surface area contributed by atoms with Crippen LogP contribution in [-0.2, 0) is 4.74 Å². The molecule has 2 rings (SSSR count). The van der Waals surface area contributed by atoms with Gasteiger partial charge in [0.1, 0.15) is 0 Å². The predicted molar refractivity (Wildman–Crippen MR) is 76.8 cm³/mol. The van der Waals surface area contributed by atoms with E-state index in [4.69, 9.17) is 33.7 Å². The summed E-state index contributed by atoms with van der Waals surface area (Å²) in [6, 6.07) is 3.01. The van der Waals surface area contributed by atoms with Crippen molar-refractivity contribution in [2.45, 2.75) is 12.8 Å². The summed E-state index contributed by atoms with van der Waals surface area (Å²) >= 11 is 11.7. The van der Waals surface area contributed by atoms with Crippen LogP contribution in [0.2, 0.25) is 10.0 Å². The van der Waals surface area contributed by atoms with Crippen LogP contribution in [0.15, 0.2) is 12.1 Å². The molecule has 1 amide bonds. The lowest BCUT2D eigenvalue weighted by molar-refractivity contribution is 0.0906. The van der Waals surface area contributed by atoms with Crippen LogP contribution in [-0.4, -0.2) is 25.7 Å². The molecule has 0 unspecified atom stereocenters. The van der Waals surface area contributed by atoms with Crippen molar-refractivity contribution in [3.8, 4) is 0 Å². The Morgan fingerprint density at radius 2 is 2.00 bits per heavy atom. The molecule has 1 saturated carbocycles. The largest absolute Gasteiger partial charge is 0.396 e. The standard InChI is InChI=1S/C13H16Cl2N2O2/c14-10-5-9(6-11(15)12(10)16)13(18)17-3-4-19-7-8-1-2-8/h5-6,8H,1-4,7,16H2,(H,17,18). The molecule has 4 nitrogen and oxygen atoms in total. The van der Waals surface area contributed by atoms with Crippen molar-refractivity contribution in [3.05, 3.63) is 27.7 Å². The molecule has 0 heterocycles. The van der Waals surface area contributed by atoms with Gasteiger partial charge in [0, 0.05) is 18.7 Å². The highest BCUT2D eigenvalue weighted by molar-refractivity contribution is 6.39. The average molecular weight is 303 g/mol. The van der Waals surface area contributed by atoms with Gasteiger partial charge in [-0.25, -0.2) is 0 Å². The van der Waals surface area contributed by atoms with Crippen molar-refractivity contribution >= 4 is 34.8 Å². The number of benzene rings is 1. The van der Waals surface area contributed by atoms with E-state index in [9.17, 15) is 4.79 Å². The highest BCUT2D eigenvalue weighted by Crippen LogP contribution is 2.29. The number of nitrogen functional groups attached to an aromatic ring is 1. The quantitative estimate of drug-likeness (QED) is 0.627. The zero-order chi connectivity index (χ0) is 13.8. The Balaban J connectivity index is 1.78. The van der Waals surface area contributed by atoms with Crippen molar-refractivity contribution in [1.82, 2.24) is 5.32 Å². The van der Waals surface area contributed by atoms with Gasteiger partial charge < -0.3 is 15.8 Å². The second kappa shape index (κ2) is 6.46. The van der Waals surface area contributed by atoms with Gasteiger partial charge in [0.05, 0.1) is 22.3 Å². The van der Waals surface area contributed by atoms with E-state index in [1.54, 1.807) is 0 Å². The van der Waals surface area contributed by atoms with E-state index < -0.39 is 0 Å². The van der Waals surface area contributed by atoms with Crippen LogP contribution < -0.4 is 11.1 Å². The van der Waals surface area contributed by atoms with Gasteiger partial charge in [0.25, 0.3) is 5.91 Å². The Hall–Kier alpha value is -0.970. The zero-order valence-corrected chi connectivity index (χ0v) is 11.9. The van der Waals surface area contributed by atoms with Crippen molar-refractivity contribution in [2.24, 2.45) is 5.92 Å². The van der Waals surface area contributed by atoms with Gasteiger partial charge >= 0.3 is 0 Å². The van der Waals surface area contributed by atoms with Gasteiger partial charge in [-0.1, -0.05) is 23.2 Å². The van der Waals surface area contributed by atoms with E-state index in [0.717, 1.165) is 12.5 Å². The van der Waals surface area contributed by atoms with E-state index in [1.165, 1.54) is 25.0 Å². The van der Waals surface area contributed by atoms with E-state index in [1.807, 2.05) is 0 Å². The topological polar surface area (TPSA) is 64.4 Å². The fourth-order valence-corrected chi connectivity index (χ4v) is 2.08. The van der Waals surface area contributed by atoms with Gasteiger partial charge in [-0.05, 0) is 30.9 Å². The summed E-state index contributed by atoms with van der Waals surface area (Å²) < 4.78 is 5.42. The molecular weight excluding hydrogens is 287 g/mol. The molecule has 0 atom stereocenters. The normalized spacial score (nSPS) is 14.4. The molecular formula is C13H16Cl2N2O2. The number of hydrogen-bond donors (Lipinski definition) is 2. The number of ether oxygens (including phenoxy) is 1. The number of nitrogens with two attached hydrogens (primary N) is 1. The first-order chi connectivity index (χ1) is 9.08. The second-order valence-electron chi connectivity index (χ2n) is 4.63. The number of anilines is 1. The zero-order valence-electron chi connectivity index (χ0n) is 10.4. The molecule has 1 fully saturated rings. The third-order valence-corrected chi connectivity index (χ3v) is 3.55. The van der Waals surface area contributed by atoms with Crippen molar-refractivity contribution in [2.75, 3.05) is 25.5 Å². The molecule has 1 aromatic rings. The Bertz CT molecular complexity index is 453. The van der Waals surface area contributed by atoms with E-state index in [2.05, 4.69) is 5.32 Å². The molecule has 6 heteroatoms. The lowest BCUT2D eigenvalue weighted by Crippen LogP contribution is -2.27. The molecule has 1 aliphatic rings. The predicted octanol–water partition coefficient (Wildman–Crippen LogP) is 2.73. The molecule has 0 radical (unpaired) electrons. The molecule has 0 bridgehead atoms. The third-order valence-electron chi connectivity index (χ3n) is 2.92. The minimum atomic E-state index is -0.237. The molecule has 0 aromatic heterocycles. The summed E-state index contributed by atoms with van der Waals surface area (Å²) in [6.45, 7) is 1.76. The number of halogens is 2. The first kappa shape index (κ1) is 14.4. The number of rotatable bonds is 6. The molecule has 1 aromatic carbocycles. The maximum Gasteiger partial charge on any atom is 0.251 e. The first-order valence-electron chi connectivity index (χ1n) is 6.18. The highest BCUT2D eigenvalue weighted by Gasteiger charge is 2.20. The fourth-order valence-electron chi connectivity index (χ4n) is 1.59. The van der Waals surface area contributed by atoms with Gasteiger partial charge in [-0.15, -0.1) is 0 Å². The maximum absolute atomic E-state index is 11.8. The second-order valence-corrected chi connectivity index (χ2v) is 5.44. The van der Waals surface area contributed by atoms with Crippen LogP contribution in [0.3, 0.4) is 0 Å². The van der Waals surface area contributed by atoms with Crippen LogP contribution in [0, 0.1) is 5.92 Å². The molecule has 104 valence electrons. The van der Waals surface area contributed by atoms with Crippen LogP contribution in [0.5, 0.6) is 0 Å². The average Bonchev–Trinajstić information content (AvgIpc) is 3.18. The molecule has 1 aliphatic carbocycles. The summed E-state index contributed by atoms with van der Waals surface area (Å²) in [6.07, 6.45) is 2.52. The smallest absolute Gasteiger partial charge is 0.251 e. The third kappa shape index (κ3) is 4.27. The lowest BCUT2D eigenvalue weighted by Gasteiger charge is -2.08. The molecule has 19 heavy (non-hydrogen) atoms. The first-order valence-corrected chi connectivity index (χ1v) is 6.94. The van der Waals surface area contributed by atoms with Gasteiger partial charge in [-0.3, -0.25) is 4.79 Å². The lowest BCUT2D eigenvalue weighted by atomic mass is 10.2. The Morgan fingerprint density at radius 3 is 2.58 bits per heavy atom. The SMILES string of the molecule is Nc1c(Cl)cc(C(=O)NCCOCC2CC2)cc1Cl. The van der Waals surface area contributed by atoms with Gasteiger partial charge in [0.15, 0.2) is 0 Å². The van der Waals surface area contributed by atoms with Gasteiger partial charge in [-0.2, -0.15) is 0 Å². The minimum absolute atomic E-state index is 0.237. The summed E-state index contributed by atoms with van der Waals surface area (Å²) in [5.41, 5.74) is 6.29. The van der Waals surface area contributed by atoms with E-state index in [0.29, 0.717) is 18.7 Å². The van der Waals surface area contributed by atoms with Crippen LogP contribution in [0.1, 0.15) is 23.2 Å². The summed E-state index contributed by atoms with van der Waals surface area (Å²) in [4.78, 5) is 11.8. The molecule has 0 saturated heterocycles. The monoisotopic (exact) mass is 302 g/mol. The molecule has 0 spiro atoms. The van der Waals surface area contributed by atoms with Crippen molar-refractivity contribution in [3.63, 3.8) is 0 Å². The van der Waals surface area contributed by atoms with Crippen LogP contribution >= 0.6 is 23.2 Å². The van der Waals surface area contributed by atoms with Crippen molar-refractivity contribution < 1.29 is 9.53 Å². The van der Waals surface area contributed by atoms with Gasteiger partial charge in [0.2, 0.25) is 0 Å². The van der Waals surface area contributed by atoms with E-state index >= 15 is 0 Å². The fraction of sp³-hybridized carbons (Fsp3) is 0.462.